The molecule has 3 N–H and O–H groups in total. The number of aromatic amines is 1. The first-order valence-corrected chi connectivity index (χ1v) is 10.9. The minimum Gasteiger partial charge on any atom is -0.481 e. The van der Waals surface area contributed by atoms with E-state index < -0.39 is 11.5 Å². The number of fused-ring (bicyclic) bond motifs is 1. The van der Waals surface area contributed by atoms with Crippen LogP contribution in [0.4, 0.5) is 10.3 Å². The predicted molar refractivity (Wildman–Crippen MR) is 128 cm³/mol. The number of anilines is 1. The van der Waals surface area contributed by atoms with Gasteiger partial charge in [0.05, 0.1) is 25.4 Å². The van der Waals surface area contributed by atoms with Gasteiger partial charge in [-0.3, -0.25) is 10.7 Å². The zero-order chi connectivity index (χ0) is 24.7. The van der Waals surface area contributed by atoms with E-state index in [2.05, 4.69) is 20.1 Å². The van der Waals surface area contributed by atoms with Gasteiger partial charge in [-0.05, 0) is 37.6 Å². The Hall–Kier alpha value is -4.60. The molecule has 10 heteroatoms. The standard InChI is InChI=1S/C25H22FN7O2/c1-14-9-17(10-15(2)29-14)20-21(16-7-5-4-6-8-16)30-24(27)33-22(20)31-32(25(33)34)13-18-11-19(26)12-28-23(18)35-3/h4-12H,13H2,1-3H3,(H2,27,30)/p+1. The Morgan fingerprint density at radius 3 is 2.49 bits per heavy atom. The monoisotopic (exact) mass is 472 g/mol. The summed E-state index contributed by atoms with van der Waals surface area (Å²) < 4.78 is 21.7. The van der Waals surface area contributed by atoms with Gasteiger partial charge in [0, 0.05) is 22.5 Å². The number of nitrogens with zero attached hydrogens (tertiary/aromatic N) is 5. The molecule has 4 heterocycles. The molecule has 0 aliphatic carbocycles. The Balaban J connectivity index is 1.81. The van der Waals surface area contributed by atoms with Gasteiger partial charge in [-0.15, -0.1) is 9.50 Å². The zero-order valence-electron chi connectivity index (χ0n) is 19.4. The smallest absolute Gasteiger partial charge is 0.411 e. The molecule has 0 unspecified atom stereocenters. The number of benzene rings is 1. The molecule has 9 nitrogen and oxygen atoms in total. The van der Waals surface area contributed by atoms with Crippen LogP contribution >= 0.6 is 0 Å². The van der Waals surface area contributed by atoms with Crippen LogP contribution in [0, 0.1) is 19.7 Å². The average molecular weight is 473 g/mol. The summed E-state index contributed by atoms with van der Waals surface area (Å²) in [6.45, 7) is 3.76. The maximum atomic E-state index is 13.9. The number of aryl methyl sites for hydroxylation is 2. The van der Waals surface area contributed by atoms with Crippen LogP contribution in [0.5, 0.6) is 5.88 Å². The molecule has 0 aliphatic rings. The van der Waals surface area contributed by atoms with Gasteiger partial charge in [-0.1, -0.05) is 30.3 Å². The second-order valence-electron chi connectivity index (χ2n) is 8.19. The summed E-state index contributed by atoms with van der Waals surface area (Å²) in [7, 11) is 1.43. The van der Waals surface area contributed by atoms with E-state index in [0.29, 0.717) is 22.5 Å². The van der Waals surface area contributed by atoms with Crippen molar-refractivity contribution in [3.05, 3.63) is 88.0 Å². The third-order valence-corrected chi connectivity index (χ3v) is 5.64. The molecular formula is C25H23FN7O2+. The Labute approximate surface area is 199 Å². The van der Waals surface area contributed by atoms with E-state index in [-0.39, 0.29) is 18.4 Å². The number of ether oxygens (including phenoxy) is 1. The van der Waals surface area contributed by atoms with Crippen molar-refractivity contribution in [3.8, 4) is 28.3 Å². The Bertz CT molecular complexity index is 1610. The molecule has 176 valence electrons. The average Bonchev–Trinajstić information content (AvgIpc) is 3.15. The molecule has 0 radical (unpaired) electrons. The summed E-state index contributed by atoms with van der Waals surface area (Å²) in [6.07, 6.45) is 1.06. The second kappa shape index (κ2) is 8.64. The molecule has 0 saturated heterocycles. The summed E-state index contributed by atoms with van der Waals surface area (Å²) in [5.74, 6) is -0.216. The Kier molecular flexibility index (Phi) is 5.48. The van der Waals surface area contributed by atoms with Crippen LogP contribution in [-0.2, 0) is 6.54 Å². The molecule has 0 amide bonds. The minimum absolute atomic E-state index is 0.0532. The number of hydrogen-bond donors (Lipinski definition) is 1. The molecule has 0 spiro atoms. The van der Waals surface area contributed by atoms with Crippen LogP contribution in [0.1, 0.15) is 17.0 Å². The van der Waals surface area contributed by atoms with Crippen molar-refractivity contribution in [3.63, 3.8) is 0 Å². The largest absolute Gasteiger partial charge is 0.481 e. The highest BCUT2D eigenvalue weighted by Crippen LogP contribution is 2.33. The number of hydrogen-bond acceptors (Lipinski definition) is 6. The van der Waals surface area contributed by atoms with E-state index in [9.17, 15) is 9.18 Å². The number of nitrogens with two attached hydrogens (primary N) is 1. The molecule has 0 fully saturated rings. The fourth-order valence-corrected chi connectivity index (χ4v) is 4.25. The quantitative estimate of drug-likeness (QED) is 0.421. The maximum Gasteiger partial charge on any atom is 0.411 e. The number of nitrogen functional groups attached to an aromatic ring is 1. The van der Waals surface area contributed by atoms with Crippen LogP contribution in [0.25, 0.3) is 28.0 Å². The van der Waals surface area contributed by atoms with Gasteiger partial charge in [0.25, 0.3) is 0 Å². The minimum atomic E-state index is -0.541. The summed E-state index contributed by atoms with van der Waals surface area (Å²) in [4.78, 5) is 25.0. The van der Waals surface area contributed by atoms with Gasteiger partial charge < -0.3 is 4.74 Å². The summed E-state index contributed by atoms with van der Waals surface area (Å²) in [5.41, 5.74) is 11.3. The highest BCUT2D eigenvalue weighted by molar-refractivity contribution is 5.88. The third kappa shape index (κ3) is 3.99. The zero-order valence-corrected chi connectivity index (χ0v) is 19.4. The molecule has 5 rings (SSSR count). The van der Waals surface area contributed by atoms with Gasteiger partial charge in [-0.2, -0.15) is 4.68 Å². The number of methoxy groups -OCH3 is 1. The highest BCUT2D eigenvalue weighted by atomic mass is 19.1. The molecular weight excluding hydrogens is 449 g/mol. The number of rotatable bonds is 5. The van der Waals surface area contributed by atoms with Gasteiger partial charge in [-0.25, -0.2) is 19.2 Å². The van der Waals surface area contributed by atoms with Crippen molar-refractivity contribution in [2.24, 2.45) is 0 Å². The number of pyridine rings is 2. The van der Waals surface area contributed by atoms with Gasteiger partial charge >= 0.3 is 11.6 Å². The van der Waals surface area contributed by atoms with E-state index in [1.54, 1.807) is 0 Å². The lowest BCUT2D eigenvalue weighted by Crippen LogP contribution is -2.28. The number of halogens is 1. The second-order valence-corrected chi connectivity index (χ2v) is 8.19. The fraction of sp³-hybridized carbons (Fsp3) is 0.160. The van der Waals surface area contributed by atoms with Crippen molar-refractivity contribution in [2.75, 3.05) is 12.8 Å². The fourth-order valence-electron chi connectivity index (χ4n) is 4.25. The number of nitrogens with one attached hydrogen (secondary N) is 1. The van der Waals surface area contributed by atoms with Crippen molar-refractivity contribution < 1.29 is 14.1 Å². The first-order chi connectivity index (χ1) is 16.9. The highest BCUT2D eigenvalue weighted by Gasteiger charge is 2.26. The molecule has 0 atom stereocenters. The molecule has 1 aromatic carbocycles. The lowest BCUT2D eigenvalue weighted by Gasteiger charge is -2.10. The molecule has 4 aromatic heterocycles. The van der Waals surface area contributed by atoms with Crippen molar-refractivity contribution >= 4 is 11.6 Å². The molecule has 0 saturated carbocycles. The van der Waals surface area contributed by atoms with Crippen LogP contribution in [-0.4, -0.2) is 31.3 Å². The van der Waals surface area contributed by atoms with E-state index in [1.807, 2.05) is 56.3 Å². The molecule has 5 aromatic rings. The Morgan fingerprint density at radius 2 is 1.80 bits per heavy atom. The molecule has 35 heavy (non-hydrogen) atoms. The topological polar surface area (TPSA) is 114 Å². The summed E-state index contributed by atoms with van der Waals surface area (Å²) in [6, 6.07) is 14.8. The normalized spacial score (nSPS) is 11.2. The Morgan fingerprint density at radius 1 is 1.09 bits per heavy atom. The lowest BCUT2D eigenvalue weighted by molar-refractivity contribution is -0.351. The molecule has 0 aliphatic heterocycles. The third-order valence-electron chi connectivity index (χ3n) is 5.64. The number of aromatic nitrogens is 6. The van der Waals surface area contributed by atoms with Crippen molar-refractivity contribution in [2.45, 2.75) is 20.4 Å². The van der Waals surface area contributed by atoms with Crippen LogP contribution in [0.15, 0.2) is 59.5 Å². The first kappa shape index (κ1) is 22.2. The van der Waals surface area contributed by atoms with Crippen molar-refractivity contribution in [1.29, 1.82) is 0 Å². The van der Waals surface area contributed by atoms with E-state index in [4.69, 9.17) is 10.5 Å². The van der Waals surface area contributed by atoms with E-state index in [1.165, 1.54) is 22.3 Å². The number of H-pyrrole nitrogens is 1. The maximum absolute atomic E-state index is 13.9. The summed E-state index contributed by atoms with van der Waals surface area (Å²) in [5, 5.41) is 4.64. The first-order valence-electron chi connectivity index (χ1n) is 10.9. The van der Waals surface area contributed by atoms with Crippen LogP contribution in [0.2, 0.25) is 0 Å². The molecule has 0 bridgehead atoms. The van der Waals surface area contributed by atoms with Gasteiger partial charge in [0.15, 0.2) is 0 Å². The van der Waals surface area contributed by atoms with Crippen LogP contribution in [0.3, 0.4) is 0 Å². The van der Waals surface area contributed by atoms with Gasteiger partial charge in [0.1, 0.15) is 11.5 Å². The van der Waals surface area contributed by atoms with E-state index >= 15 is 0 Å². The van der Waals surface area contributed by atoms with E-state index in [0.717, 1.165) is 28.7 Å². The van der Waals surface area contributed by atoms with Crippen molar-refractivity contribution in [1.82, 2.24) is 24.1 Å². The summed E-state index contributed by atoms with van der Waals surface area (Å²) >= 11 is 0. The predicted octanol–water partition coefficient (Wildman–Crippen LogP) is 2.83. The SMILES string of the molecule is COc1ncc(F)cc1Cn1nc2c(-c3cc(C)nc(C)c3)c(-c3ccccc3)[nH+]c(N)n2c1=O. The van der Waals surface area contributed by atoms with Crippen LogP contribution < -0.4 is 21.1 Å². The lowest BCUT2D eigenvalue weighted by atomic mass is 9.99. The van der Waals surface area contributed by atoms with Gasteiger partial charge in [0.2, 0.25) is 11.5 Å².